The summed E-state index contributed by atoms with van der Waals surface area (Å²) in [5.41, 5.74) is 5.45. The number of nitrogens with zero attached hydrogens (tertiary/aromatic N) is 1. The molecule has 0 aliphatic rings. The molecule has 0 spiro atoms. The number of hydrogen-bond acceptors (Lipinski definition) is 4. The minimum atomic E-state index is -0.0636. The molecule has 2 N–H and O–H groups in total. The molecule has 0 aromatic carbocycles. The van der Waals surface area contributed by atoms with Gasteiger partial charge >= 0.3 is 0 Å². The summed E-state index contributed by atoms with van der Waals surface area (Å²) < 4.78 is 6.10. The molecule has 0 bridgehead atoms. The van der Waals surface area contributed by atoms with Crippen LogP contribution in [-0.4, -0.2) is 18.6 Å². The largest absolute Gasteiger partial charge is 0.373 e. The topological polar surface area (TPSA) is 48.1 Å². The summed E-state index contributed by atoms with van der Waals surface area (Å²) in [4.78, 5) is 4.12. The van der Waals surface area contributed by atoms with E-state index in [2.05, 4.69) is 20.9 Å². The summed E-state index contributed by atoms with van der Waals surface area (Å²) in [6.45, 7) is 0.469. The first-order valence-corrected chi connectivity index (χ1v) is 4.73. The number of hydrogen-bond donors (Lipinski definition) is 1. The summed E-state index contributed by atoms with van der Waals surface area (Å²) in [5.74, 6) is 0. The lowest BCUT2D eigenvalue weighted by atomic mass is 10.4. The van der Waals surface area contributed by atoms with Crippen LogP contribution in [0.15, 0.2) is 9.98 Å². The van der Waals surface area contributed by atoms with Crippen molar-refractivity contribution in [1.82, 2.24) is 4.98 Å². The molecule has 11 heavy (non-hydrogen) atoms. The van der Waals surface area contributed by atoms with Gasteiger partial charge in [-0.25, -0.2) is 4.98 Å². The fourth-order valence-corrected chi connectivity index (χ4v) is 2.05. The molecule has 62 valence electrons. The Bertz CT molecular complexity index is 224. The first kappa shape index (κ1) is 9.12. The van der Waals surface area contributed by atoms with Crippen LogP contribution in [0.4, 0.5) is 0 Å². The minimum absolute atomic E-state index is 0.0636. The number of thiazole rings is 1. The molecule has 1 aromatic heterocycles. The smallest absolute Gasteiger partial charge is 0.124 e. The lowest BCUT2D eigenvalue weighted by Gasteiger charge is -2.07. The molecule has 1 aromatic rings. The summed E-state index contributed by atoms with van der Waals surface area (Å²) in [5, 5.41) is 0.918. The maximum absolute atomic E-state index is 5.45. The Morgan fingerprint density at radius 3 is 3.00 bits per heavy atom. The quantitative estimate of drug-likeness (QED) is 0.867. The van der Waals surface area contributed by atoms with E-state index in [1.54, 1.807) is 24.6 Å². The zero-order valence-electron chi connectivity index (χ0n) is 6.08. The van der Waals surface area contributed by atoms with Crippen molar-refractivity contribution >= 4 is 27.3 Å². The van der Waals surface area contributed by atoms with E-state index in [1.165, 1.54) is 0 Å². The third-order valence-electron chi connectivity index (χ3n) is 1.27. The average Bonchev–Trinajstić information content (AvgIpc) is 2.39. The molecule has 5 heteroatoms. The Hall–Kier alpha value is 0.0300. The maximum atomic E-state index is 5.45. The van der Waals surface area contributed by atoms with E-state index in [-0.39, 0.29) is 6.10 Å². The van der Waals surface area contributed by atoms with Crippen LogP contribution in [0.5, 0.6) is 0 Å². The SMILES string of the molecule is COC(CN)c1ncc(Br)s1. The summed E-state index contributed by atoms with van der Waals surface area (Å²) in [7, 11) is 1.63. The van der Waals surface area contributed by atoms with Gasteiger partial charge in [-0.05, 0) is 15.9 Å². The highest BCUT2D eigenvalue weighted by molar-refractivity contribution is 9.11. The van der Waals surface area contributed by atoms with Crippen LogP contribution < -0.4 is 5.73 Å². The molecule has 3 nitrogen and oxygen atoms in total. The van der Waals surface area contributed by atoms with Gasteiger partial charge in [-0.15, -0.1) is 11.3 Å². The van der Waals surface area contributed by atoms with Gasteiger partial charge in [0.25, 0.3) is 0 Å². The summed E-state index contributed by atoms with van der Waals surface area (Å²) >= 11 is 4.86. The van der Waals surface area contributed by atoms with Gasteiger partial charge in [-0.2, -0.15) is 0 Å². The number of halogens is 1. The highest BCUT2D eigenvalue weighted by atomic mass is 79.9. The second-order valence-electron chi connectivity index (χ2n) is 1.96. The van der Waals surface area contributed by atoms with Gasteiger partial charge < -0.3 is 10.5 Å². The van der Waals surface area contributed by atoms with E-state index in [4.69, 9.17) is 10.5 Å². The van der Waals surface area contributed by atoms with E-state index in [0.29, 0.717) is 6.54 Å². The van der Waals surface area contributed by atoms with Crippen LogP contribution in [-0.2, 0) is 4.74 Å². The Kier molecular flexibility index (Phi) is 3.45. The van der Waals surface area contributed by atoms with Gasteiger partial charge in [0.1, 0.15) is 11.1 Å². The van der Waals surface area contributed by atoms with Crippen molar-refractivity contribution in [3.8, 4) is 0 Å². The van der Waals surface area contributed by atoms with E-state index in [1.807, 2.05) is 0 Å². The Morgan fingerprint density at radius 2 is 2.64 bits per heavy atom. The molecular formula is C6H9BrN2OS. The van der Waals surface area contributed by atoms with Crippen molar-refractivity contribution in [2.24, 2.45) is 5.73 Å². The number of methoxy groups -OCH3 is 1. The second kappa shape index (κ2) is 4.15. The van der Waals surface area contributed by atoms with Gasteiger partial charge in [0, 0.05) is 13.7 Å². The van der Waals surface area contributed by atoms with Crippen LogP contribution >= 0.6 is 27.3 Å². The molecule has 0 aliphatic carbocycles. The number of nitrogens with two attached hydrogens (primary N) is 1. The van der Waals surface area contributed by atoms with Gasteiger partial charge in [-0.3, -0.25) is 0 Å². The third-order valence-corrected chi connectivity index (χ3v) is 2.84. The Labute approximate surface area is 77.7 Å². The average molecular weight is 237 g/mol. The lowest BCUT2D eigenvalue weighted by molar-refractivity contribution is 0.110. The van der Waals surface area contributed by atoms with Crippen molar-refractivity contribution in [3.63, 3.8) is 0 Å². The minimum Gasteiger partial charge on any atom is -0.373 e. The van der Waals surface area contributed by atoms with Crippen LogP contribution in [0.3, 0.4) is 0 Å². The molecule has 0 amide bonds. The summed E-state index contributed by atoms with van der Waals surface area (Å²) in [6.07, 6.45) is 1.69. The van der Waals surface area contributed by atoms with Gasteiger partial charge in [0.05, 0.1) is 9.98 Å². The molecule has 1 unspecified atom stereocenters. The zero-order chi connectivity index (χ0) is 8.27. The van der Waals surface area contributed by atoms with Gasteiger partial charge in [0.2, 0.25) is 0 Å². The molecule has 0 radical (unpaired) electrons. The number of ether oxygens (including phenoxy) is 1. The molecule has 0 aliphatic heterocycles. The van der Waals surface area contributed by atoms with Crippen molar-refractivity contribution < 1.29 is 4.74 Å². The van der Waals surface area contributed by atoms with E-state index >= 15 is 0 Å². The normalized spacial score (nSPS) is 13.4. The lowest BCUT2D eigenvalue weighted by Crippen LogP contribution is -2.13. The fraction of sp³-hybridized carbons (Fsp3) is 0.500. The van der Waals surface area contributed by atoms with Crippen molar-refractivity contribution in [2.75, 3.05) is 13.7 Å². The van der Waals surface area contributed by atoms with Gasteiger partial charge in [-0.1, -0.05) is 0 Å². The second-order valence-corrected chi connectivity index (χ2v) is 4.40. The van der Waals surface area contributed by atoms with Crippen molar-refractivity contribution in [2.45, 2.75) is 6.10 Å². The molecule has 0 fully saturated rings. The van der Waals surface area contributed by atoms with E-state index in [9.17, 15) is 0 Å². The van der Waals surface area contributed by atoms with Gasteiger partial charge in [0.15, 0.2) is 0 Å². The fourth-order valence-electron chi connectivity index (χ4n) is 0.714. The van der Waals surface area contributed by atoms with Crippen molar-refractivity contribution in [1.29, 1.82) is 0 Å². The van der Waals surface area contributed by atoms with Crippen LogP contribution in [0.1, 0.15) is 11.1 Å². The van der Waals surface area contributed by atoms with E-state index < -0.39 is 0 Å². The predicted molar refractivity (Wildman–Crippen MR) is 48.6 cm³/mol. The first-order chi connectivity index (χ1) is 5.27. The zero-order valence-corrected chi connectivity index (χ0v) is 8.48. The highest BCUT2D eigenvalue weighted by Gasteiger charge is 2.11. The van der Waals surface area contributed by atoms with Crippen LogP contribution in [0, 0.1) is 0 Å². The van der Waals surface area contributed by atoms with Crippen LogP contribution in [0.2, 0.25) is 0 Å². The molecule has 1 rings (SSSR count). The number of aromatic nitrogens is 1. The molecule has 0 saturated heterocycles. The molecular weight excluding hydrogens is 228 g/mol. The molecule has 0 saturated carbocycles. The standard InChI is InChI=1S/C6H9BrN2OS/c1-10-4(2-8)6-9-3-5(7)11-6/h3-4H,2,8H2,1H3. The molecule has 1 heterocycles. The Morgan fingerprint density at radius 1 is 1.91 bits per heavy atom. The molecule has 1 atom stereocenters. The highest BCUT2D eigenvalue weighted by Crippen LogP contribution is 2.25. The summed E-state index contributed by atoms with van der Waals surface area (Å²) in [6, 6.07) is 0. The van der Waals surface area contributed by atoms with Crippen molar-refractivity contribution in [3.05, 3.63) is 15.0 Å². The predicted octanol–water partition coefficient (Wildman–Crippen LogP) is 1.55. The number of rotatable bonds is 3. The Balaban J connectivity index is 2.73. The first-order valence-electron chi connectivity index (χ1n) is 3.12. The van der Waals surface area contributed by atoms with E-state index in [0.717, 1.165) is 8.79 Å². The van der Waals surface area contributed by atoms with Crippen LogP contribution in [0.25, 0.3) is 0 Å². The monoisotopic (exact) mass is 236 g/mol. The third kappa shape index (κ3) is 2.23. The maximum Gasteiger partial charge on any atom is 0.124 e.